The van der Waals surface area contributed by atoms with E-state index in [9.17, 15) is 14.4 Å². The Morgan fingerprint density at radius 1 is 0.934 bits per heavy atom. The number of rotatable bonds is 10. The standard InChI is InChI=1S/C45H61N11O5/c1-28-23-52(24-29-8-14-53(15-9-29)36-5-4-31-33(42(36)60-3)26-56(44(31)59)37-6-7-39(57)49-43(37)58)18-19-55(28)25-30-10-16-54(17-11-30)38-21-34(47-27-48-38)41-32-20-40(61-45(2)12-13-45)46-22-35(32)50-51-41/h4-5,20-22,28-30,37,41,47,50-51H,6-19,23-27H2,1-3H3,(H,49,57,58)/t28-,37?,41?/m1/s1. The number of piperazine rings is 1. The van der Waals surface area contributed by atoms with Crippen LogP contribution >= 0.6 is 0 Å². The number of pyridine rings is 1. The van der Waals surface area contributed by atoms with Crippen LogP contribution in [0.3, 0.4) is 0 Å². The average Bonchev–Trinajstić information content (AvgIpc) is 3.68. The zero-order valence-corrected chi connectivity index (χ0v) is 35.9. The van der Waals surface area contributed by atoms with Crippen molar-refractivity contribution in [3.63, 3.8) is 0 Å². The first kappa shape index (κ1) is 40.2. The van der Waals surface area contributed by atoms with Gasteiger partial charge in [0.05, 0.1) is 37.3 Å². The predicted octanol–water partition coefficient (Wildman–Crippen LogP) is 3.23. The first-order chi connectivity index (χ1) is 29.6. The Kier molecular flexibility index (Phi) is 10.8. The van der Waals surface area contributed by atoms with E-state index >= 15 is 0 Å². The highest BCUT2D eigenvalue weighted by atomic mass is 16.5. The molecule has 61 heavy (non-hydrogen) atoms. The van der Waals surface area contributed by atoms with Crippen molar-refractivity contribution in [1.82, 2.24) is 40.6 Å². The highest BCUT2D eigenvalue weighted by Gasteiger charge is 2.43. The van der Waals surface area contributed by atoms with Crippen molar-refractivity contribution in [2.24, 2.45) is 16.8 Å². The molecule has 2 unspecified atom stereocenters. The van der Waals surface area contributed by atoms with E-state index in [1.165, 1.54) is 19.4 Å². The lowest BCUT2D eigenvalue weighted by molar-refractivity contribution is -0.136. The van der Waals surface area contributed by atoms with E-state index < -0.39 is 11.9 Å². The van der Waals surface area contributed by atoms with Crippen molar-refractivity contribution in [2.45, 2.75) is 95.5 Å². The molecule has 16 nitrogen and oxygen atoms in total. The maximum atomic E-state index is 13.4. The van der Waals surface area contributed by atoms with Crippen LogP contribution in [0.2, 0.25) is 0 Å². The third kappa shape index (κ3) is 8.14. The number of hydrazine groups is 1. The Morgan fingerprint density at radius 2 is 1.70 bits per heavy atom. The fraction of sp³-hybridized carbons (Fsp3) is 0.622. The number of aromatic nitrogens is 1. The van der Waals surface area contributed by atoms with Crippen LogP contribution in [0.1, 0.15) is 92.7 Å². The maximum Gasteiger partial charge on any atom is 0.255 e. The van der Waals surface area contributed by atoms with Gasteiger partial charge < -0.3 is 39.8 Å². The number of carbonyl (C=O) groups is 3. The largest absolute Gasteiger partial charge is 0.494 e. The fourth-order valence-corrected chi connectivity index (χ4v) is 10.7. The molecule has 10 rings (SSSR count). The van der Waals surface area contributed by atoms with Crippen molar-refractivity contribution >= 4 is 34.9 Å². The quantitative estimate of drug-likeness (QED) is 0.259. The van der Waals surface area contributed by atoms with Gasteiger partial charge in [0.1, 0.15) is 29.9 Å². The number of nitrogens with zero attached hydrogens (tertiary/aromatic N) is 7. The number of aliphatic imine (C=N–C) groups is 1. The summed E-state index contributed by atoms with van der Waals surface area (Å²) < 4.78 is 12.1. The van der Waals surface area contributed by atoms with Crippen LogP contribution in [0.25, 0.3) is 0 Å². The summed E-state index contributed by atoms with van der Waals surface area (Å²) in [6, 6.07) is 5.85. The molecule has 2 aromatic rings. The number of amidine groups is 1. The van der Waals surface area contributed by atoms with Crippen LogP contribution in [0, 0.1) is 11.8 Å². The molecular formula is C45H61N11O5. The highest BCUT2D eigenvalue weighted by molar-refractivity contribution is 6.06. The van der Waals surface area contributed by atoms with Crippen LogP contribution in [0.15, 0.2) is 41.2 Å². The minimum absolute atomic E-state index is 0.0140. The number of benzene rings is 1. The Morgan fingerprint density at radius 3 is 2.44 bits per heavy atom. The Hall–Kier alpha value is -4.93. The minimum atomic E-state index is -0.640. The molecule has 3 amide bonds. The number of likely N-dealkylation sites (tertiary alicyclic amines) is 1. The Labute approximate surface area is 358 Å². The molecule has 8 heterocycles. The van der Waals surface area contributed by atoms with Gasteiger partial charge in [-0.05, 0) is 82.8 Å². The van der Waals surface area contributed by atoms with Crippen LogP contribution < -0.4 is 35.9 Å². The number of carbonyl (C=O) groups excluding carboxylic acids is 3. The smallest absolute Gasteiger partial charge is 0.255 e. The zero-order chi connectivity index (χ0) is 41.8. The van der Waals surface area contributed by atoms with E-state index in [1.54, 1.807) is 12.0 Å². The van der Waals surface area contributed by atoms with Crippen molar-refractivity contribution in [3.8, 4) is 11.6 Å². The number of anilines is 2. The summed E-state index contributed by atoms with van der Waals surface area (Å²) in [5, 5.41) is 5.91. The van der Waals surface area contributed by atoms with Crippen LogP contribution in [0.5, 0.6) is 11.6 Å². The number of hydrogen-bond donors (Lipinski definition) is 4. The van der Waals surface area contributed by atoms with E-state index in [2.05, 4.69) is 72.1 Å². The first-order valence-electron chi connectivity index (χ1n) is 22.6. The number of imide groups is 1. The normalized spacial score (nSPS) is 27.2. The molecule has 1 aromatic carbocycles. The number of piperidine rings is 3. The van der Waals surface area contributed by atoms with Crippen molar-refractivity contribution in [3.05, 3.63) is 52.9 Å². The number of ether oxygens (including phenoxy) is 2. The van der Waals surface area contributed by atoms with E-state index in [1.807, 2.05) is 18.3 Å². The third-order valence-corrected chi connectivity index (χ3v) is 14.6. The molecule has 0 radical (unpaired) electrons. The number of nitrogens with one attached hydrogen (secondary N) is 4. The summed E-state index contributed by atoms with van der Waals surface area (Å²) in [4.78, 5) is 59.1. The number of fused-ring (bicyclic) bond motifs is 2. The molecule has 5 fully saturated rings. The van der Waals surface area contributed by atoms with Gasteiger partial charge in [-0.15, -0.1) is 0 Å². The van der Waals surface area contributed by atoms with Crippen molar-refractivity contribution in [2.75, 3.05) is 83.0 Å². The van der Waals surface area contributed by atoms with Crippen LogP contribution in [0.4, 0.5) is 11.4 Å². The Bertz CT molecular complexity index is 2110. The minimum Gasteiger partial charge on any atom is -0.494 e. The molecular weight excluding hydrogens is 775 g/mol. The van der Waals surface area contributed by atoms with E-state index in [0.29, 0.717) is 49.0 Å². The summed E-state index contributed by atoms with van der Waals surface area (Å²) in [6.07, 6.45) is 11.4. The lowest BCUT2D eigenvalue weighted by Gasteiger charge is -2.44. The second-order valence-corrected chi connectivity index (χ2v) is 18.8. The SMILES string of the molecule is COc1c(N2CCC(CN3CCN(CC4CCN(C5=NCNC(C6NNc7cnc(OC8(C)CC8)cc76)=C5)CC4)[C@H](C)C3)CC2)ccc2c1CN(C1CCC(=O)NC1=O)C2=O. The summed E-state index contributed by atoms with van der Waals surface area (Å²) in [7, 11) is 1.66. The van der Waals surface area contributed by atoms with Gasteiger partial charge in [0.15, 0.2) is 0 Å². The van der Waals surface area contributed by atoms with E-state index in [-0.39, 0.29) is 29.9 Å². The monoisotopic (exact) mass is 835 g/mol. The van der Waals surface area contributed by atoms with Gasteiger partial charge in [-0.3, -0.25) is 24.6 Å². The molecule has 3 atom stereocenters. The number of methoxy groups -OCH3 is 1. The summed E-state index contributed by atoms with van der Waals surface area (Å²) in [5.41, 5.74) is 12.4. The van der Waals surface area contributed by atoms with Gasteiger partial charge in [0.2, 0.25) is 17.7 Å². The second-order valence-electron chi connectivity index (χ2n) is 18.8. The maximum absolute atomic E-state index is 13.4. The zero-order valence-electron chi connectivity index (χ0n) is 35.9. The van der Waals surface area contributed by atoms with E-state index in [4.69, 9.17) is 14.5 Å². The van der Waals surface area contributed by atoms with Gasteiger partial charge in [-0.1, -0.05) is 0 Å². The van der Waals surface area contributed by atoms with Crippen LogP contribution in [-0.4, -0.2) is 139 Å². The molecule has 4 N–H and O–H groups in total. The lowest BCUT2D eigenvalue weighted by atomic mass is 9.93. The molecule has 1 aliphatic carbocycles. The molecule has 7 aliphatic heterocycles. The predicted molar refractivity (Wildman–Crippen MR) is 231 cm³/mol. The summed E-state index contributed by atoms with van der Waals surface area (Å²) >= 11 is 0. The topological polar surface area (TPSA) is 159 Å². The van der Waals surface area contributed by atoms with Gasteiger partial charge >= 0.3 is 0 Å². The highest BCUT2D eigenvalue weighted by Crippen LogP contribution is 2.43. The van der Waals surface area contributed by atoms with Gasteiger partial charge in [0.25, 0.3) is 5.91 Å². The molecule has 4 saturated heterocycles. The molecule has 8 aliphatic rings. The van der Waals surface area contributed by atoms with Gasteiger partial charge in [0, 0.05) is 106 Å². The van der Waals surface area contributed by atoms with Crippen molar-refractivity contribution in [1.29, 1.82) is 0 Å². The fourth-order valence-electron chi connectivity index (χ4n) is 10.7. The van der Waals surface area contributed by atoms with E-state index in [0.717, 1.165) is 118 Å². The first-order valence-corrected chi connectivity index (χ1v) is 22.6. The van der Waals surface area contributed by atoms with Crippen molar-refractivity contribution < 1.29 is 23.9 Å². The third-order valence-electron chi connectivity index (χ3n) is 14.6. The average molecular weight is 836 g/mol. The van der Waals surface area contributed by atoms with Crippen LogP contribution in [-0.2, 0) is 16.1 Å². The molecule has 0 bridgehead atoms. The number of amides is 3. The summed E-state index contributed by atoms with van der Waals surface area (Å²) in [5.74, 6) is 2.98. The Balaban J connectivity index is 0.674. The second kappa shape index (κ2) is 16.4. The molecule has 326 valence electrons. The molecule has 1 aromatic heterocycles. The molecule has 0 spiro atoms. The van der Waals surface area contributed by atoms with Gasteiger partial charge in [-0.2, -0.15) is 0 Å². The molecule has 1 saturated carbocycles. The number of hydrogen-bond acceptors (Lipinski definition) is 14. The molecule has 16 heteroatoms. The lowest BCUT2D eigenvalue weighted by Crippen LogP contribution is -2.55. The van der Waals surface area contributed by atoms with Gasteiger partial charge in [-0.25, -0.2) is 15.4 Å². The summed E-state index contributed by atoms with van der Waals surface area (Å²) in [6.45, 7) is 15.0.